The van der Waals surface area contributed by atoms with E-state index in [1.54, 1.807) is 4.90 Å². The van der Waals surface area contributed by atoms with Crippen LogP contribution in [0.5, 0.6) is 0 Å². The number of halogens is 1. The molecule has 0 spiro atoms. The van der Waals surface area contributed by atoms with Gasteiger partial charge in [0.05, 0.1) is 6.54 Å². The topological polar surface area (TPSA) is 69.3 Å². The number of benzene rings is 2. The Bertz CT molecular complexity index is 1120. The van der Waals surface area contributed by atoms with Gasteiger partial charge < -0.3 is 9.80 Å². The molecule has 2 aromatic carbocycles. The molecule has 1 N–H and O–H groups in total. The molecule has 0 unspecified atom stereocenters. The molecule has 0 aliphatic carbocycles. The first kappa shape index (κ1) is 18.5. The van der Waals surface area contributed by atoms with E-state index in [4.69, 9.17) is 0 Å². The highest BCUT2D eigenvalue weighted by Gasteiger charge is 2.31. The summed E-state index contributed by atoms with van der Waals surface area (Å²) in [6.45, 7) is 2.05. The van der Waals surface area contributed by atoms with Crippen molar-refractivity contribution >= 4 is 11.8 Å². The van der Waals surface area contributed by atoms with Crippen LogP contribution in [-0.4, -0.2) is 44.9 Å². The van der Waals surface area contributed by atoms with Gasteiger partial charge in [0.25, 0.3) is 11.8 Å². The van der Waals surface area contributed by atoms with Crippen LogP contribution in [0.3, 0.4) is 0 Å². The third kappa shape index (κ3) is 3.26. The highest BCUT2D eigenvalue weighted by molar-refractivity contribution is 5.96. The Balaban J connectivity index is 1.36. The fraction of sp³-hybridized carbons (Fsp3) is 0.261. The number of carbonyl (C=O) groups is 2. The second-order valence-electron chi connectivity index (χ2n) is 7.76. The Labute approximate surface area is 173 Å². The molecular weight excluding hydrogens is 383 g/mol. The molecule has 6 nitrogen and oxygen atoms in total. The number of fused-ring (bicyclic) bond motifs is 2. The first-order chi connectivity index (χ1) is 14.6. The maximum atomic E-state index is 13.2. The average molecular weight is 404 g/mol. The predicted octanol–water partition coefficient (Wildman–Crippen LogP) is 2.95. The quantitative estimate of drug-likeness (QED) is 0.714. The van der Waals surface area contributed by atoms with Crippen molar-refractivity contribution in [3.8, 4) is 0 Å². The molecule has 7 heteroatoms. The zero-order chi connectivity index (χ0) is 20.7. The minimum absolute atomic E-state index is 0.113. The van der Waals surface area contributed by atoms with Gasteiger partial charge in [-0.3, -0.25) is 14.7 Å². The lowest BCUT2D eigenvalue weighted by Gasteiger charge is -2.30. The maximum absolute atomic E-state index is 13.2. The molecule has 0 saturated carbocycles. The fourth-order valence-corrected chi connectivity index (χ4v) is 4.24. The summed E-state index contributed by atoms with van der Waals surface area (Å²) in [6.07, 6.45) is 1.43. The van der Waals surface area contributed by atoms with Crippen molar-refractivity contribution in [2.75, 3.05) is 13.1 Å². The van der Waals surface area contributed by atoms with Crippen molar-refractivity contribution in [3.05, 3.63) is 88.0 Å². The first-order valence-electron chi connectivity index (χ1n) is 10.1. The second kappa shape index (κ2) is 7.40. The summed E-state index contributed by atoms with van der Waals surface area (Å²) in [7, 11) is 0. The van der Waals surface area contributed by atoms with Crippen molar-refractivity contribution in [2.24, 2.45) is 0 Å². The lowest BCUT2D eigenvalue weighted by molar-refractivity contribution is 0.0703. The number of hydrogen-bond acceptors (Lipinski definition) is 3. The van der Waals surface area contributed by atoms with E-state index in [0.717, 1.165) is 23.2 Å². The summed E-state index contributed by atoms with van der Waals surface area (Å²) >= 11 is 0. The fourth-order valence-electron chi connectivity index (χ4n) is 4.24. The Kier molecular flexibility index (Phi) is 4.58. The Hall–Kier alpha value is -3.48. The molecule has 0 fully saturated rings. The number of rotatable bonds is 2. The van der Waals surface area contributed by atoms with Crippen molar-refractivity contribution in [1.82, 2.24) is 20.0 Å². The van der Waals surface area contributed by atoms with Gasteiger partial charge in [0.2, 0.25) is 0 Å². The third-order valence-electron chi connectivity index (χ3n) is 5.93. The van der Waals surface area contributed by atoms with Crippen LogP contribution in [0.4, 0.5) is 4.39 Å². The highest BCUT2D eigenvalue weighted by atomic mass is 19.1. The van der Waals surface area contributed by atoms with Crippen molar-refractivity contribution in [3.63, 3.8) is 0 Å². The van der Waals surface area contributed by atoms with Gasteiger partial charge in [-0.15, -0.1) is 0 Å². The predicted molar refractivity (Wildman–Crippen MR) is 108 cm³/mol. The number of amides is 2. The molecule has 2 amide bonds. The Morgan fingerprint density at radius 1 is 0.867 bits per heavy atom. The van der Waals surface area contributed by atoms with Crippen molar-refractivity contribution in [1.29, 1.82) is 0 Å². The monoisotopic (exact) mass is 404 g/mol. The largest absolute Gasteiger partial charge is 0.334 e. The Morgan fingerprint density at radius 3 is 2.37 bits per heavy atom. The third-order valence-corrected chi connectivity index (χ3v) is 5.93. The summed E-state index contributed by atoms with van der Waals surface area (Å²) in [4.78, 5) is 29.6. The Morgan fingerprint density at radius 2 is 1.57 bits per heavy atom. The summed E-state index contributed by atoms with van der Waals surface area (Å²) in [5.74, 6) is -0.663. The summed E-state index contributed by atoms with van der Waals surface area (Å²) in [5.41, 5.74) is 4.95. The molecule has 1 aromatic heterocycles. The van der Waals surface area contributed by atoms with Gasteiger partial charge in [-0.2, -0.15) is 5.10 Å². The van der Waals surface area contributed by atoms with Crippen LogP contribution in [0.25, 0.3) is 0 Å². The number of aromatic nitrogens is 2. The number of H-pyrrole nitrogens is 1. The van der Waals surface area contributed by atoms with E-state index in [2.05, 4.69) is 22.3 Å². The molecule has 0 saturated heterocycles. The van der Waals surface area contributed by atoms with E-state index in [0.29, 0.717) is 43.9 Å². The summed E-state index contributed by atoms with van der Waals surface area (Å²) in [5, 5.41) is 7.29. The van der Waals surface area contributed by atoms with Crippen LogP contribution in [0.2, 0.25) is 0 Å². The summed E-state index contributed by atoms with van der Waals surface area (Å²) < 4.78 is 13.2. The van der Waals surface area contributed by atoms with E-state index in [1.165, 1.54) is 29.8 Å². The van der Waals surface area contributed by atoms with Gasteiger partial charge in [0, 0.05) is 42.9 Å². The smallest absolute Gasteiger partial charge is 0.275 e. The molecule has 0 atom stereocenters. The SMILES string of the molecule is O=C(c1ccc(F)cc1)N1CCc2[nH]nc(C(=O)N3CCc4ccccc4C3)c2C1. The van der Waals surface area contributed by atoms with E-state index < -0.39 is 0 Å². The van der Waals surface area contributed by atoms with Crippen LogP contribution in [0.15, 0.2) is 48.5 Å². The number of hydrogen-bond donors (Lipinski definition) is 1. The molecule has 152 valence electrons. The average Bonchev–Trinajstić information content (AvgIpc) is 3.21. The highest BCUT2D eigenvalue weighted by Crippen LogP contribution is 2.25. The van der Waals surface area contributed by atoms with E-state index in [1.807, 2.05) is 17.0 Å². The molecule has 30 heavy (non-hydrogen) atoms. The van der Waals surface area contributed by atoms with Crippen LogP contribution < -0.4 is 0 Å². The van der Waals surface area contributed by atoms with Gasteiger partial charge in [-0.05, 0) is 41.8 Å². The van der Waals surface area contributed by atoms with Crippen LogP contribution in [0.1, 0.15) is 43.2 Å². The van der Waals surface area contributed by atoms with Gasteiger partial charge in [0.1, 0.15) is 5.82 Å². The maximum Gasteiger partial charge on any atom is 0.275 e. The van der Waals surface area contributed by atoms with E-state index >= 15 is 0 Å². The normalized spacial score (nSPS) is 15.5. The van der Waals surface area contributed by atoms with Crippen molar-refractivity contribution < 1.29 is 14.0 Å². The number of nitrogens with zero attached hydrogens (tertiary/aromatic N) is 3. The molecule has 3 heterocycles. The van der Waals surface area contributed by atoms with Gasteiger partial charge >= 0.3 is 0 Å². The molecule has 5 rings (SSSR count). The lowest BCUT2D eigenvalue weighted by atomic mass is 9.99. The molecule has 3 aromatic rings. The molecule has 0 bridgehead atoms. The van der Waals surface area contributed by atoms with Gasteiger partial charge in [-0.25, -0.2) is 4.39 Å². The molecular formula is C23H21FN4O2. The van der Waals surface area contributed by atoms with E-state index in [-0.39, 0.29) is 17.6 Å². The summed E-state index contributed by atoms with van der Waals surface area (Å²) in [6, 6.07) is 13.7. The molecule has 0 radical (unpaired) electrons. The van der Waals surface area contributed by atoms with Crippen molar-refractivity contribution in [2.45, 2.75) is 25.9 Å². The number of nitrogens with one attached hydrogen (secondary N) is 1. The zero-order valence-electron chi connectivity index (χ0n) is 16.4. The minimum Gasteiger partial charge on any atom is -0.334 e. The zero-order valence-corrected chi connectivity index (χ0v) is 16.4. The van der Waals surface area contributed by atoms with Crippen LogP contribution >= 0.6 is 0 Å². The number of carbonyl (C=O) groups excluding carboxylic acids is 2. The van der Waals surface area contributed by atoms with Gasteiger partial charge in [-0.1, -0.05) is 24.3 Å². The van der Waals surface area contributed by atoms with Gasteiger partial charge in [0.15, 0.2) is 5.69 Å². The van der Waals surface area contributed by atoms with Crippen LogP contribution in [-0.2, 0) is 25.9 Å². The van der Waals surface area contributed by atoms with Crippen LogP contribution in [0, 0.1) is 5.82 Å². The first-order valence-corrected chi connectivity index (χ1v) is 10.1. The van der Waals surface area contributed by atoms with E-state index in [9.17, 15) is 14.0 Å². The lowest BCUT2D eigenvalue weighted by Crippen LogP contribution is -2.39. The molecule has 2 aliphatic rings. The second-order valence-corrected chi connectivity index (χ2v) is 7.76. The standard InChI is InChI=1S/C23H21FN4O2/c24-18-7-5-16(6-8-18)22(29)28-12-10-20-19(14-28)21(26-25-20)23(30)27-11-9-15-3-1-2-4-17(15)13-27/h1-8H,9-14H2,(H,25,26). The number of aromatic amines is 1. The minimum atomic E-state index is -0.377. The molecule has 2 aliphatic heterocycles.